The standard InChI is InChI=1S/C10H13NO/c1-8-5-9(6-11-2)3-4-10(8)7-12/h3-5,7,11H,6H2,1-2H3. The van der Waals surface area contributed by atoms with Crippen molar-refractivity contribution in [3.63, 3.8) is 0 Å². The second-order valence-electron chi connectivity index (χ2n) is 2.84. The van der Waals surface area contributed by atoms with Crippen LogP contribution in [0, 0.1) is 6.92 Å². The number of benzene rings is 1. The highest BCUT2D eigenvalue weighted by molar-refractivity contribution is 5.77. The predicted octanol–water partition coefficient (Wildman–Crippen LogP) is 1.53. The van der Waals surface area contributed by atoms with Crippen LogP contribution >= 0.6 is 0 Å². The summed E-state index contributed by atoms with van der Waals surface area (Å²) in [5.41, 5.74) is 3.02. The third kappa shape index (κ3) is 1.92. The second kappa shape index (κ2) is 4.02. The van der Waals surface area contributed by atoms with E-state index in [4.69, 9.17) is 0 Å². The summed E-state index contributed by atoms with van der Waals surface area (Å²) in [6, 6.07) is 5.85. The van der Waals surface area contributed by atoms with E-state index in [2.05, 4.69) is 5.32 Å². The third-order valence-corrected chi connectivity index (χ3v) is 1.84. The van der Waals surface area contributed by atoms with E-state index in [-0.39, 0.29) is 0 Å². The van der Waals surface area contributed by atoms with Crippen molar-refractivity contribution in [3.05, 3.63) is 34.9 Å². The first-order valence-corrected chi connectivity index (χ1v) is 3.97. The van der Waals surface area contributed by atoms with Crippen LogP contribution in [0.3, 0.4) is 0 Å². The lowest BCUT2D eigenvalue weighted by Crippen LogP contribution is -2.05. The van der Waals surface area contributed by atoms with Gasteiger partial charge in [-0.15, -0.1) is 0 Å². The van der Waals surface area contributed by atoms with Crippen LogP contribution in [0.15, 0.2) is 18.2 Å². The maximum Gasteiger partial charge on any atom is 0.150 e. The van der Waals surface area contributed by atoms with Crippen LogP contribution in [0.2, 0.25) is 0 Å². The predicted molar refractivity (Wildman–Crippen MR) is 49.3 cm³/mol. The zero-order valence-corrected chi connectivity index (χ0v) is 7.42. The Labute approximate surface area is 72.6 Å². The summed E-state index contributed by atoms with van der Waals surface area (Å²) in [6.45, 7) is 2.79. The molecule has 0 saturated carbocycles. The molecule has 0 aromatic heterocycles. The molecule has 1 rings (SSSR count). The lowest BCUT2D eigenvalue weighted by atomic mass is 10.1. The first kappa shape index (κ1) is 8.94. The summed E-state index contributed by atoms with van der Waals surface area (Å²) < 4.78 is 0. The van der Waals surface area contributed by atoms with E-state index >= 15 is 0 Å². The van der Waals surface area contributed by atoms with Crippen LogP contribution in [-0.4, -0.2) is 13.3 Å². The Morgan fingerprint density at radius 1 is 1.50 bits per heavy atom. The van der Waals surface area contributed by atoms with E-state index in [9.17, 15) is 4.79 Å². The van der Waals surface area contributed by atoms with E-state index in [0.29, 0.717) is 0 Å². The van der Waals surface area contributed by atoms with Gasteiger partial charge in [0.2, 0.25) is 0 Å². The molecule has 0 atom stereocenters. The Balaban J connectivity index is 2.93. The Kier molecular flexibility index (Phi) is 3.00. The topological polar surface area (TPSA) is 29.1 Å². The van der Waals surface area contributed by atoms with Gasteiger partial charge in [-0.25, -0.2) is 0 Å². The van der Waals surface area contributed by atoms with Gasteiger partial charge in [0.1, 0.15) is 6.29 Å². The molecule has 0 spiro atoms. The number of carbonyl (C=O) groups is 1. The van der Waals surface area contributed by atoms with Crippen molar-refractivity contribution in [1.82, 2.24) is 5.32 Å². The summed E-state index contributed by atoms with van der Waals surface area (Å²) in [5.74, 6) is 0. The average Bonchev–Trinajstić information content (AvgIpc) is 2.05. The van der Waals surface area contributed by atoms with Gasteiger partial charge in [-0.2, -0.15) is 0 Å². The van der Waals surface area contributed by atoms with E-state index in [1.165, 1.54) is 5.56 Å². The SMILES string of the molecule is CNCc1ccc(C=O)c(C)c1. The van der Waals surface area contributed by atoms with Gasteiger partial charge in [0, 0.05) is 12.1 Å². The number of hydrogen-bond donors (Lipinski definition) is 1. The van der Waals surface area contributed by atoms with Gasteiger partial charge >= 0.3 is 0 Å². The van der Waals surface area contributed by atoms with Crippen LogP contribution in [-0.2, 0) is 6.54 Å². The molecule has 0 saturated heterocycles. The zero-order chi connectivity index (χ0) is 8.97. The van der Waals surface area contributed by atoms with Crippen LogP contribution in [0.4, 0.5) is 0 Å². The summed E-state index contributed by atoms with van der Waals surface area (Å²) >= 11 is 0. The van der Waals surface area contributed by atoms with E-state index in [0.717, 1.165) is 24.0 Å². The average molecular weight is 163 g/mol. The van der Waals surface area contributed by atoms with E-state index < -0.39 is 0 Å². The first-order chi connectivity index (χ1) is 5.77. The fraction of sp³-hybridized carbons (Fsp3) is 0.300. The third-order valence-electron chi connectivity index (χ3n) is 1.84. The summed E-state index contributed by atoms with van der Waals surface area (Å²) in [4.78, 5) is 10.5. The molecule has 0 bridgehead atoms. The van der Waals surface area contributed by atoms with Crippen molar-refractivity contribution in [3.8, 4) is 0 Å². The van der Waals surface area contributed by atoms with Gasteiger partial charge in [-0.1, -0.05) is 18.2 Å². The van der Waals surface area contributed by atoms with Gasteiger partial charge in [0.15, 0.2) is 0 Å². The number of rotatable bonds is 3. The highest BCUT2D eigenvalue weighted by Gasteiger charge is 1.97. The Hall–Kier alpha value is -1.15. The normalized spacial score (nSPS) is 9.83. The van der Waals surface area contributed by atoms with Crippen LogP contribution in [0.25, 0.3) is 0 Å². The van der Waals surface area contributed by atoms with Crippen LogP contribution in [0.1, 0.15) is 21.5 Å². The Bertz CT molecular complexity index is 281. The number of nitrogens with one attached hydrogen (secondary N) is 1. The number of carbonyl (C=O) groups excluding carboxylic acids is 1. The molecule has 0 amide bonds. The molecule has 0 aliphatic carbocycles. The Morgan fingerprint density at radius 2 is 2.25 bits per heavy atom. The molecular formula is C10H13NO. The smallest absolute Gasteiger partial charge is 0.150 e. The molecule has 12 heavy (non-hydrogen) atoms. The summed E-state index contributed by atoms with van der Waals surface area (Å²) in [7, 11) is 1.91. The quantitative estimate of drug-likeness (QED) is 0.684. The summed E-state index contributed by atoms with van der Waals surface area (Å²) in [6.07, 6.45) is 0.887. The van der Waals surface area contributed by atoms with Gasteiger partial charge in [-0.05, 0) is 25.1 Å². The van der Waals surface area contributed by atoms with Gasteiger partial charge < -0.3 is 5.32 Å². The number of aryl methyl sites for hydroxylation is 1. The highest BCUT2D eigenvalue weighted by Crippen LogP contribution is 2.08. The van der Waals surface area contributed by atoms with Gasteiger partial charge in [-0.3, -0.25) is 4.79 Å². The molecule has 0 heterocycles. The van der Waals surface area contributed by atoms with Crippen LogP contribution in [0.5, 0.6) is 0 Å². The molecule has 1 aromatic rings. The minimum Gasteiger partial charge on any atom is -0.316 e. The monoisotopic (exact) mass is 163 g/mol. The molecule has 0 aliphatic heterocycles. The molecular weight excluding hydrogens is 150 g/mol. The molecule has 0 fully saturated rings. The van der Waals surface area contributed by atoms with E-state index in [1.807, 2.05) is 32.2 Å². The van der Waals surface area contributed by atoms with E-state index in [1.54, 1.807) is 0 Å². The van der Waals surface area contributed by atoms with Crippen LogP contribution < -0.4 is 5.32 Å². The maximum absolute atomic E-state index is 10.5. The molecule has 0 aliphatic rings. The fourth-order valence-corrected chi connectivity index (χ4v) is 1.18. The summed E-state index contributed by atoms with van der Waals surface area (Å²) in [5, 5.41) is 3.06. The Morgan fingerprint density at radius 3 is 2.75 bits per heavy atom. The number of hydrogen-bond acceptors (Lipinski definition) is 2. The second-order valence-corrected chi connectivity index (χ2v) is 2.84. The first-order valence-electron chi connectivity index (χ1n) is 3.97. The molecule has 2 nitrogen and oxygen atoms in total. The molecule has 0 radical (unpaired) electrons. The van der Waals surface area contributed by atoms with Crippen molar-refractivity contribution >= 4 is 6.29 Å². The molecule has 1 aromatic carbocycles. The lowest BCUT2D eigenvalue weighted by Gasteiger charge is -2.02. The molecule has 1 N–H and O–H groups in total. The zero-order valence-electron chi connectivity index (χ0n) is 7.42. The van der Waals surface area contributed by atoms with Crippen molar-refractivity contribution in [2.75, 3.05) is 7.05 Å². The largest absolute Gasteiger partial charge is 0.316 e. The van der Waals surface area contributed by atoms with Crippen molar-refractivity contribution in [1.29, 1.82) is 0 Å². The molecule has 2 heteroatoms. The van der Waals surface area contributed by atoms with Gasteiger partial charge in [0.05, 0.1) is 0 Å². The minimum atomic E-state index is 0.773. The van der Waals surface area contributed by atoms with Crippen molar-refractivity contribution in [2.24, 2.45) is 0 Å². The van der Waals surface area contributed by atoms with Crippen molar-refractivity contribution in [2.45, 2.75) is 13.5 Å². The molecule has 64 valence electrons. The maximum atomic E-state index is 10.5. The minimum absolute atomic E-state index is 0.773. The highest BCUT2D eigenvalue weighted by atomic mass is 16.1. The fourth-order valence-electron chi connectivity index (χ4n) is 1.18. The number of aldehydes is 1. The van der Waals surface area contributed by atoms with Gasteiger partial charge in [0.25, 0.3) is 0 Å². The lowest BCUT2D eigenvalue weighted by molar-refractivity contribution is 0.112. The van der Waals surface area contributed by atoms with Crippen molar-refractivity contribution < 1.29 is 4.79 Å². The molecule has 0 unspecified atom stereocenters.